The number of benzene rings is 2. The molecule has 5 rings (SSSR count). The van der Waals surface area contributed by atoms with Crippen molar-refractivity contribution in [3.8, 4) is 0 Å². The Kier molecular flexibility index (Phi) is 24.9. The molecule has 0 unspecified atom stereocenters. The molecule has 86 heavy (non-hydrogen) atoms. The van der Waals surface area contributed by atoms with Gasteiger partial charge >= 0.3 is 23.9 Å². The summed E-state index contributed by atoms with van der Waals surface area (Å²) in [4.78, 5) is 128. The number of halogens is 4. The van der Waals surface area contributed by atoms with Crippen LogP contribution in [0.1, 0.15) is 128 Å². The summed E-state index contributed by atoms with van der Waals surface area (Å²) >= 11 is 0. The minimum atomic E-state index is -1.66. The molecule has 0 spiro atoms. The number of carbonyl (C=O) groups is 8. The molecule has 4 amide bonds. The Morgan fingerprint density at radius 2 is 0.651 bits per heavy atom. The summed E-state index contributed by atoms with van der Waals surface area (Å²) in [5, 5.41) is 0. The highest BCUT2D eigenvalue weighted by Gasteiger charge is 2.43. The zero-order valence-electron chi connectivity index (χ0n) is 51.6. The van der Waals surface area contributed by atoms with Crippen LogP contribution in [-0.2, 0) is 83.0 Å². The van der Waals surface area contributed by atoms with E-state index in [0.29, 0.717) is 22.3 Å². The molecule has 0 N–H and O–H groups in total. The van der Waals surface area contributed by atoms with Crippen molar-refractivity contribution < 1.29 is 74.9 Å². The molecule has 3 heterocycles. The monoisotopic (exact) mass is 1200 g/mol. The first-order valence-corrected chi connectivity index (χ1v) is 29.0. The van der Waals surface area contributed by atoms with E-state index < -0.39 is 120 Å². The molecule has 1 fully saturated rings. The van der Waals surface area contributed by atoms with E-state index in [1.54, 1.807) is 104 Å². The molecule has 4 aromatic rings. The van der Waals surface area contributed by atoms with Gasteiger partial charge in [0.05, 0.1) is 0 Å². The lowest BCUT2D eigenvalue weighted by molar-refractivity contribution is -0.176. The van der Waals surface area contributed by atoms with Crippen molar-refractivity contribution in [2.45, 2.75) is 169 Å². The van der Waals surface area contributed by atoms with Crippen LogP contribution < -0.4 is 0 Å². The van der Waals surface area contributed by atoms with E-state index in [0.717, 1.165) is 32.0 Å². The average Bonchev–Trinajstić information content (AvgIpc) is 3.58. The van der Waals surface area contributed by atoms with Gasteiger partial charge in [0.25, 0.3) is 23.6 Å². The molecule has 0 bridgehead atoms. The maximum atomic E-state index is 15.0. The summed E-state index contributed by atoms with van der Waals surface area (Å²) in [7, 11) is 5.27. The van der Waals surface area contributed by atoms with Crippen LogP contribution in [-0.4, -0.2) is 154 Å². The van der Waals surface area contributed by atoms with E-state index in [9.17, 15) is 46.3 Å². The van der Waals surface area contributed by atoms with Gasteiger partial charge in [0.1, 0.15) is 24.2 Å². The Labute approximate surface area is 501 Å². The number of cyclic esters (lactones) is 4. The molecular formula is C64H82F4N6O12. The molecule has 1 aliphatic heterocycles. The molecule has 1 aliphatic rings. The second kappa shape index (κ2) is 31.0. The van der Waals surface area contributed by atoms with Crippen LogP contribution in [0.5, 0.6) is 0 Å². The van der Waals surface area contributed by atoms with E-state index in [1.807, 2.05) is 0 Å². The molecular weight excluding hydrogens is 1120 g/mol. The van der Waals surface area contributed by atoms with Gasteiger partial charge in [-0.15, -0.1) is 0 Å². The topological polar surface area (TPSA) is 212 Å². The number of nitrogens with zero attached hydrogens (tertiary/aromatic N) is 6. The zero-order valence-corrected chi connectivity index (χ0v) is 51.6. The highest BCUT2D eigenvalue weighted by Crippen LogP contribution is 2.26. The number of hydrogen-bond acceptors (Lipinski definition) is 14. The minimum Gasteiger partial charge on any atom is -0.451 e. The van der Waals surface area contributed by atoms with Gasteiger partial charge in [0, 0.05) is 66.3 Å². The maximum absolute atomic E-state index is 15.0. The van der Waals surface area contributed by atoms with E-state index >= 15 is 9.59 Å². The zero-order chi connectivity index (χ0) is 64.0. The second-order valence-corrected chi connectivity index (χ2v) is 23.9. The van der Waals surface area contributed by atoms with Crippen molar-refractivity contribution in [2.24, 2.45) is 23.7 Å². The molecule has 22 heteroatoms. The molecule has 0 saturated carbocycles. The summed E-state index contributed by atoms with van der Waals surface area (Å²) < 4.78 is 81.2. The maximum Gasteiger partial charge on any atom is 0.329 e. The van der Waals surface area contributed by atoms with Crippen LogP contribution in [0.4, 0.5) is 17.6 Å². The highest BCUT2D eigenvalue weighted by atomic mass is 19.2. The first-order chi connectivity index (χ1) is 40.4. The van der Waals surface area contributed by atoms with Gasteiger partial charge in [0.2, 0.25) is 11.9 Å². The smallest absolute Gasteiger partial charge is 0.329 e. The van der Waals surface area contributed by atoms with Gasteiger partial charge in [-0.2, -0.15) is 8.78 Å². The lowest BCUT2D eigenvalue weighted by atomic mass is 9.99. The highest BCUT2D eigenvalue weighted by molar-refractivity contribution is 5.94. The molecule has 468 valence electrons. The van der Waals surface area contributed by atoms with Crippen molar-refractivity contribution in [3.63, 3.8) is 0 Å². The SMILES string of the molecule is CC(C)C[C@H]1C(=O)O[C@H](Cc2ccc(Cc3ccnc(F)c3F)cc2)C(=O)N(C)[C@@H](CC(C)C)C(=O)O[C@H](C)C(=O)N(C)[C@@H](CC(C)C)C(=O)O[C@H](Cc2ccc(Cc3ccnc(F)c3F)cc2)C(=O)N(C)[C@@H](CC(C)C)C(=O)O[C@H](C)C(=O)N1C. The minimum absolute atomic E-state index is 0.000636. The summed E-state index contributed by atoms with van der Waals surface area (Å²) in [6.45, 7) is 16.9. The quantitative estimate of drug-likeness (QED) is 0.0448. The number of amides is 4. The number of likely N-dealkylation sites (N-methyl/N-ethyl adjacent to an activating group) is 4. The van der Waals surface area contributed by atoms with Gasteiger partial charge in [-0.25, -0.2) is 37.9 Å². The molecule has 0 aliphatic carbocycles. The fourth-order valence-electron chi connectivity index (χ4n) is 10.1. The third-order valence-electron chi connectivity index (χ3n) is 15.0. The third-order valence-corrected chi connectivity index (χ3v) is 15.0. The Hall–Kier alpha value is -7.78. The summed E-state index contributed by atoms with van der Waals surface area (Å²) in [6.07, 6.45) is -4.76. The van der Waals surface area contributed by atoms with E-state index in [-0.39, 0.29) is 86.2 Å². The first-order valence-electron chi connectivity index (χ1n) is 29.0. The normalized spacial score (nSPS) is 22.4. The number of esters is 4. The number of rotatable bonds is 16. The largest absolute Gasteiger partial charge is 0.451 e. The van der Waals surface area contributed by atoms with Crippen LogP contribution in [0.15, 0.2) is 73.1 Å². The third kappa shape index (κ3) is 18.6. The van der Waals surface area contributed by atoms with Crippen LogP contribution >= 0.6 is 0 Å². The first kappa shape index (κ1) is 69.0. The van der Waals surface area contributed by atoms with Gasteiger partial charge in [0.15, 0.2) is 36.1 Å². The average molecular weight is 1200 g/mol. The summed E-state index contributed by atoms with van der Waals surface area (Å²) in [5.41, 5.74) is 2.13. The number of ether oxygens (including phenoxy) is 4. The van der Waals surface area contributed by atoms with Gasteiger partial charge < -0.3 is 38.5 Å². The van der Waals surface area contributed by atoms with Crippen molar-refractivity contribution in [3.05, 3.63) is 130 Å². The fraction of sp³-hybridized carbons (Fsp3) is 0.531. The number of aromatic nitrogens is 2. The fourth-order valence-corrected chi connectivity index (χ4v) is 10.1. The Morgan fingerprint density at radius 1 is 0.395 bits per heavy atom. The summed E-state index contributed by atoms with van der Waals surface area (Å²) in [5.74, 6) is -13.2. The predicted octanol–water partition coefficient (Wildman–Crippen LogP) is 8.19. The molecule has 0 radical (unpaired) electrons. The van der Waals surface area contributed by atoms with Crippen molar-refractivity contribution in [1.82, 2.24) is 29.6 Å². The lowest BCUT2D eigenvalue weighted by Crippen LogP contribution is -2.55. The Balaban J connectivity index is 1.59. The van der Waals surface area contributed by atoms with E-state index in [2.05, 4.69) is 9.97 Å². The number of pyridine rings is 2. The van der Waals surface area contributed by atoms with Crippen molar-refractivity contribution >= 4 is 47.5 Å². The van der Waals surface area contributed by atoms with Gasteiger partial charge in [-0.05, 0) is 109 Å². The standard InChI is InChI=1S/C64H82F4N6O12/c1-35(2)27-47-61(79)83-39(9)57(75)71(11)50(30-38(7)8)64(82)86-52(34-44-21-17-42(18-22-44)32-46-24-26-70-56(68)54(46)66)60(78)74(14)48(28-36(3)4)62(80)84-40(10)58(76)72(12)49(29-37(5)6)63(81)85-51(59(77)73(47)13)33-43-19-15-41(16-20-43)31-45-23-25-69-55(67)53(45)65/h15-26,35-40,47-52H,27-34H2,1-14H3/t39-,40-,47+,48+,49+,50+,51-,52-/m1/s1. The molecule has 8 atom stereocenters. The number of hydrogen-bond donors (Lipinski definition) is 0. The van der Waals surface area contributed by atoms with Crippen LogP contribution in [0.2, 0.25) is 0 Å². The Morgan fingerprint density at radius 3 is 0.930 bits per heavy atom. The van der Waals surface area contributed by atoms with Crippen LogP contribution in [0, 0.1) is 47.2 Å². The van der Waals surface area contributed by atoms with Gasteiger partial charge in [-0.3, -0.25) is 19.2 Å². The van der Waals surface area contributed by atoms with Gasteiger partial charge in [-0.1, -0.05) is 104 Å². The predicted molar refractivity (Wildman–Crippen MR) is 309 cm³/mol. The lowest BCUT2D eigenvalue weighted by Gasteiger charge is -2.35. The van der Waals surface area contributed by atoms with Crippen LogP contribution in [0.25, 0.3) is 0 Å². The number of carbonyl (C=O) groups excluding carboxylic acids is 8. The van der Waals surface area contributed by atoms with Crippen molar-refractivity contribution in [1.29, 1.82) is 0 Å². The van der Waals surface area contributed by atoms with Crippen LogP contribution in [0.3, 0.4) is 0 Å². The summed E-state index contributed by atoms with van der Waals surface area (Å²) in [6, 6.07) is 10.1. The Bertz CT molecular complexity index is 2820. The molecule has 2 aromatic carbocycles. The molecule has 1 saturated heterocycles. The molecule has 18 nitrogen and oxygen atoms in total. The van der Waals surface area contributed by atoms with Crippen molar-refractivity contribution in [2.75, 3.05) is 28.2 Å². The second-order valence-electron chi connectivity index (χ2n) is 23.9. The van der Waals surface area contributed by atoms with E-state index in [4.69, 9.17) is 18.9 Å². The molecule has 2 aromatic heterocycles. The van der Waals surface area contributed by atoms with E-state index in [1.165, 1.54) is 54.2 Å².